The van der Waals surface area contributed by atoms with Crippen molar-refractivity contribution in [2.75, 3.05) is 26.0 Å². The molecule has 0 aliphatic heterocycles. The van der Waals surface area contributed by atoms with E-state index in [-0.39, 0.29) is 35.3 Å². The van der Waals surface area contributed by atoms with Crippen LogP contribution in [0.4, 0.5) is 5.69 Å². The van der Waals surface area contributed by atoms with Crippen molar-refractivity contribution in [2.45, 2.75) is 43.2 Å². The predicted octanol–water partition coefficient (Wildman–Crippen LogP) is 3.23. The van der Waals surface area contributed by atoms with Gasteiger partial charge in [-0.25, -0.2) is 13.1 Å². The van der Waals surface area contributed by atoms with Gasteiger partial charge in [-0.1, -0.05) is 49.4 Å². The van der Waals surface area contributed by atoms with Gasteiger partial charge in [0.1, 0.15) is 23.0 Å². The van der Waals surface area contributed by atoms with Gasteiger partial charge >= 0.3 is 5.97 Å². The maximum atomic E-state index is 13.2. The summed E-state index contributed by atoms with van der Waals surface area (Å²) in [5.41, 5.74) is 1.33. The van der Waals surface area contributed by atoms with Crippen molar-refractivity contribution in [1.29, 1.82) is 0 Å². The second-order valence-electron chi connectivity index (χ2n) is 9.59. The van der Waals surface area contributed by atoms with Crippen LogP contribution in [0.25, 0.3) is 10.8 Å². The van der Waals surface area contributed by atoms with Crippen LogP contribution >= 0.6 is 0 Å². The molecule has 0 radical (unpaired) electrons. The molecule has 11 heteroatoms. The summed E-state index contributed by atoms with van der Waals surface area (Å²) in [6, 6.07) is 16.5. The summed E-state index contributed by atoms with van der Waals surface area (Å²) in [4.78, 5) is 36.1. The van der Waals surface area contributed by atoms with Gasteiger partial charge in [0.05, 0.1) is 19.0 Å². The topological polar surface area (TPSA) is 142 Å². The second-order valence-corrected chi connectivity index (χ2v) is 11.3. The number of aliphatic carboxylic acids is 1. The molecule has 0 spiro atoms. The molecular weight excluding hydrogens is 522 g/mol. The molecule has 208 valence electrons. The zero-order valence-electron chi connectivity index (χ0n) is 22.2. The fourth-order valence-electron chi connectivity index (χ4n) is 4.16. The first-order valence-corrected chi connectivity index (χ1v) is 13.8. The molecule has 3 aromatic carbocycles. The van der Waals surface area contributed by atoms with E-state index in [4.69, 9.17) is 9.84 Å². The van der Waals surface area contributed by atoms with Gasteiger partial charge in [0.15, 0.2) is 0 Å². The van der Waals surface area contributed by atoms with Gasteiger partial charge in [0.2, 0.25) is 15.9 Å². The predicted molar refractivity (Wildman–Crippen MR) is 149 cm³/mol. The first kappa shape index (κ1) is 29.8. The van der Waals surface area contributed by atoms with Crippen LogP contribution in [0.2, 0.25) is 0 Å². The Morgan fingerprint density at radius 2 is 1.74 bits per heavy atom. The van der Waals surface area contributed by atoms with Gasteiger partial charge in [-0.05, 0) is 49.5 Å². The van der Waals surface area contributed by atoms with E-state index in [1.54, 1.807) is 19.0 Å². The second kappa shape index (κ2) is 12.8. The lowest BCUT2D eigenvalue weighted by molar-refractivity contribution is -0.138. The molecule has 39 heavy (non-hydrogen) atoms. The minimum Gasteiger partial charge on any atom is -0.489 e. The number of nitrogens with zero attached hydrogens (tertiary/aromatic N) is 1. The van der Waals surface area contributed by atoms with Crippen molar-refractivity contribution < 1.29 is 32.6 Å². The summed E-state index contributed by atoms with van der Waals surface area (Å²) in [5.74, 6) is -1.85. The van der Waals surface area contributed by atoms with Crippen molar-refractivity contribution in [2.24, 2.45) is 0 Å². The fraction of sp³-hybridized carbons (Fsp3) is 0.321. The molecule has 3 aromatic rings. The maximum Gasteiger partial charge on any atom is 0.305 e. The molecule has 0 aromatic heterocycles. The number of carboxylic acid groups (broad SMARTS) is 1. The average Bonchev–Trinajstić information content (AvgIpc) is 2.86. The molecular formula is C28H33N3O7S. The van der Waals surface area contributed by atoms with Crippen LogP contribution in [0.1, 0.15) is 31.7 Å². The lowest BCUT2D eigenvalue weighted by Gasteiger charge is -2.25. The Morgan fingerprint density at radius 1 is 1.05 bits per heavy atom. The van der Waals surface area contributed by atoms with E-state index in [1.165, 1.54) is 18.2 Å². The Bertz CT molecular complexity index is 1450. The minimum atomic E-state index is -4.37. The SMILES string of the molecule is C[C@H](c1cccc2ccccc12)[C@@H](C)Oc1cc(NC(=O)CN(C)C)ccc1S(=O)(=O)NC(C=O)CC(=O)O. The van der Waals surface area contributed by atoms with Crippen LogP contribution in [0.5, 0.6) is 5.75 Å². The van der Waals surface area contributed by atoms with Crippen LogP contribution in [0.15, 0.2) is 65.6 Å². The molecule has 0 fully saturated rings. The highest BCUT2D eigenvalue weighted by Gasteiger charge is 2.27. The summed E-state index contributed by atoms with van der Waals surface area (Å²) in [6.07, 6.45) is -1.00. The maximum absolute atomic E-state index is 13.2. The molecule has 1 amide bonds. The van der Waals surface area contributed by atoms with E-state index in [9.17, 15) is 22.8 Å². The normalized spacial score (nSPS) is 14.0. The summed E-state index contributed by atoms with van der Waals surface area (Å²) in [5, 5.41) is 13.8. The van der Waals surface area contributed by atoms with Crippen LogP contribution in [0, 0.1) is 0 Å². The number of anilines is 1. The Morgan fingerprint density at radius 3 is 2.41 bits per heavy atom. The number of amides is 1. The summed E-state index contributed by atoms with van der Waals surface area (Å²) >= 11 is 0. The van der Waals surface area contributed by atoms with E-state index in [0.29, 0.717) is 5.69 Å². The number of hydrogen-bond acceptors (Lipinski definition) is 7. The number of likely N-dealkylation sites (N-methyl/N-ethyl adjacent to an activating group) is 1. The third-order valence-corrected chi connectivity index (χ3v) is 7.70. The van der Waals surface area contributed by atoms with E-state index in [0.717, 1.165) is 16.3 Å². The third-order valence-electron chi connectivity index (χ3n) is 6.17. The van der Waals surface area contributed by atoms with E-state index in [1.807, 2.05) is 56.3 Å². The zero-order chi connectivity index (χ0) is 28.7. The molecule has 0 aliphatic rings. The molecule has 0 bridgehead atoms. The molecule has 3 rings (SSSR count). The zero-order valence-corrected chi connectivity index (χ0v) is 23.1. The average molecular weight is 556 g/mol. The van der Waals surface area contributed by atoms with Gasteiger partial charge in [0.25, 0.3) is 0 Å². The number of benzene rings is 3. The first-order chi connectivity index (χ1) is 18.4. The number of nitrogens with one attached hydrogen (secondary N) is 2. The van der Waals surface area contributed by atoms with Crippen LogP contribution in [0.3, 0.4) is 0 Å². The highest BCUT2D eigenvalue weighted by atomic mass is 32.2. The minimum absolute atomic E-state index is 0.0512. The number of hydrogen-bond donors (Lipinski definition) is 3. The lowest BCUT2D eigenvalue weighted by Crippen LogP contribution is -2.38. The number of carbonyl (C=O) groups excluding carboxylic acids is 2. The highest BCUT2D eigenvalue weighted by molar-refractivity contribution is 7.89. The number of aldehydes is 1. The molecule has 10 nitrogen and oxygen atoms in total. The monoisotopic (exact) mass is 555 g/mol. The van der Waals surface area contributed by atoms with Crippen molar-refractivity contribution in [3.63, 3.8) is 0 Å². The smallest absolute Gasteiger partial charge is 0.305 e. The van der Waals surface area contributed by atoms with Crippen molar-refractivity contribution in [1.82, 2.24) is 9.62 Å². The number of sulfonamides is 1. The Balaban J connectivity index is 1.98. The molecule has 3 atom stereocenters. The number of carboxylic acids is 1. The molecule has 0 saturated carbocycles. The number of carbonyl (C=O) groups is 3. The van der Waals surface area contributed by atoms with Crippen LogP contribution < -0.4 is 14.8 Å². The van der Waals surface area contributed by atoms with Gasteiger partial charge in [-0.15, -0.1) is 0 Å². The summed E-state index contributed by atoms with van der Waals surface area (Å²) < 4.78 is 34.8. The fourth-order valence-corrected chi connectivity index (χ4v) is 5.44. The largest absolute Gasteiger partial charge is 0.489 e. The molecule has 0 saturated heterocycles. The Kier molecular flexibility index (Phi) is 9.79. The molecule has 3 N–H and O–H groups in total. The lowest BCUT2D eigenvalue weighted by atomic mass is 9.91. The summed E-state index contributed by atoms with van der Waals surface area (Å²) in [7, 11) is -0.888. The first-order valence-electron chi connectivity index (χ1n) is 12.3. The van der Waals surface area contributed by atoms with Crippen molar-refractivity contribution >= 4 is 44.6 Å². The van der Waals surface area contributed by atoms with E-state index in [2.05, 4.69) is 10.0 Å². The van der Waals surface area contributed by atoms with Gasteiger partial charge in [0, 0.05) is 17.7 Å². The van der Waals surface area contributed by atoms with Gasteiger partial charge in [-0.2, -0.15) is 0 Å². The van der Waals surface area contributed by atoms with Crippen LogP contribution in [-0.2, 0) is 24.4 Å². The Hall–Kier alpha value is -3.80. The Labute approximate surface area is 228 Å². The third kappa shape index (κ3) is 7.85. The number of rotatable bonds is 13. The van der Waals surface area contributed by atoms with Crippen LogP contribution in [-0.4, -0.2) is 69.4 Å². The molecule has 1 unspecified atom stereocenters. The van der Waals surface area contributed by atoms with Gasteiger partial charge in [-0.3, -0.25) is 9.59 Å². The van der Waals surface area contributed by atoms with Gasteiger partial charge < -0.3 is 24.9 Å². The van der Waals surface area contributed by atoms with Crippen molar-refractivity contribution in [3.8, 4) is 5.75 Å². The summed E-state index contributed by atoms with van der Waals surface area (Å²) in [6.45, 7) is 3.89. The number of ether oxygens (including phenoxy) is 1. The highest BCUT2D eigenvalue weighted by Crippen LogP contribution is 2.33. The quantitative estimate of drug-likeness (QED) is 0.273. The van der Waals surface area contributed by atoms with E-state index >= 15 is 0 Å². The molecule has 0 aliphatic carbocycles. The number of fused-ring (bicyclic) bond motifs is 1. The standard InChI is InChI=1S/C28H33N3O7S/c1-18(23-11-7-9-20-8-5-6-10-24(20)23)19(2)38-25-14-21(29-27(33)16-31(3)4)12-13-26(25)39(36,37)30-22(17-32)15-28(34)35/h5-14,17-19,22,30H,15-16H2,1-4H3,(H,29,33)(H,34,35)/t18-,19+,22?/m0/s1. The molecule has 0 heterocycles. The van der Waals surface area contributed by atoms with Crippen molar-refractivity contribution in [3.05, 3.63) is 66.2 Å². The van der Waals surface area contributed by atoms with E-state index < -0.39 is 34.6 Å².